The molecule has 0 aromatic rings. The molecule has 0 saturated carbocycles. The zero-order valence-corrected chi connectivity index (χ0v) is 7.70. The fourth-order valence-corrected chi connectivity index (χ4v) is 0.604. The van der Waals surface area contributed by atoms with Crippen LogP contribution in [0.25, 0.3) is 0 Å². The van der Waals surface area contributed by atoms with Crippen LogP contribution in [0.2, 0.25) is 0 Å². The highest BCUT2D eigenvalue weighted by molar-refractivity contribution is 5.94. The molecule has 2 heteroatoms. The van der Waals surface area contributed by atoms with E-state index < -0.39 is 0 Å². The number of rotatable bonds is 0. The second-order valence-corrected chi connectivity index (χ2v) is 2.22. The summed E-state index contributed by atoms with van der Waals surface area (Å²) in [7, 11) is 0. The summed E-state index contributed by atoms with van der Waals surface area (Å²) in [5, 5.41) is 7.71. The molecule has 0 N–H and O–H groups in total. The van der Waals surface area contributed by atoms with Crippen LogP contribution in [-0.4, -0.2) is 11.9 Å². The number of allylic oxidation sites excluding steroid dienone is 2. The molecule has 2 nitrogen and oxygen atoms in total. The molecule has 0 spiro atoms. The first-order valence-electron chi connectivity index (χ1n) is 4.05. The van der Waals surface area contributed by atoms with Gasteiger partial charge in [-0.1, -0.05) is 26.8 Å². The molecule has 11 heavy (non-hydrogen) atoms. The highest BCUT2D eigenvalue weighted by atomic mass is 15.2. The van der Waals surface area contributed by atoms with Crippen LogP contribution in [0.5, 0.6) is 0 Å². The highest BCUT2D eigenvalue weighted by Crippen LogP contribution is 1.98. The summed E-state index contributed by atoms with van der Waals surface area (Å²) in [6, 6.07) is 0. The van der Waals surface area contributed by atoms with E-state index in [1.165, 1.54) is 0 Å². The molecule has 0 aliphatic carbocycles. The van der Waals surface area contributed by atoms with Gasteiger partial charge in [0.15, 0.2) is 0 Å². The monoisotopic (exact) mass is 152 g/mol. The Balaban J connectivity index is 0.000000461. The minimum Gasteiger partial charge on any atom is -0.163 e. The largest absolute Gasteiger partial charge is 0.163 e. The molecule has 0 radical (unpaired) electrons. The van der Waals surface area contributed by atoms with Gasteiger partial charge in [-0.25, -0.2) is 0 Å². The molecule has 0 amide bonds. The zero-order chi connectivity index (χ0) is 8.69. The van der Waals surface area contributed by atoms with Crippen LogP contribution in [0, 0.1) is 5.92 Å². The minimum atomic E-state index is 0.422. The Bertz CT molecular complexity index is 178. The van der Waals surface area contributed by atoms with Crippen LogP contribution in [0.15, 0.2) is 22.4 Å². The van der Waals surface area contributed by atoms with E-state index in [0.29, 0.717) is 5.92 Å². The Morgan fingerprint density at radius 1 is 1.36 bits per heavy atom. The summed E-state index contributed by atoms with van der Waals surface area (Å²) in [5.74, 6) is 0.422. The van der Waals surface area contributed by atoms with Gasteiger partial charge in [0.2, 0.25) is 0 Å². The first-order valence-corrected chi connectivity index (χ1v) is 4.05. The maximum absolute atomic E-state index is 3.87. The van der Waals surface area contributed by atoms with Gasteiger partial charge in [-0.3, -0.25) is 0 Å². The van der Waals surface area contributed by atoms with Crippen molar-refractivity contribution in [2.75, 3.05) is 0 Å². The normalized spacial score (nSPS) is 21.5. The first-order chi connectivity index (χ1) is 5.29. The van der Waals surface area contributed by atoms with E-state index >= 15 is 0 Å². The fraction of sp³-hybridized carbons (Fsp3) is 0.556. The number of hydrogen-bond acceptors (Lipinski definition) is 2. The van der Waals surface area contributed by atoms with Crippen molar-refractivity contribution in [3.63, 3.8) is 0 Å². The molecule has 1 rings (SSSR count). The Hall–Kier alpha value is -0.920. The van der Waals surface area contributed by atoms with E-state index in [1.807, 2.05) is 33.1 Å². The van der Waals surface area contributed by atoms with Crippen molar-refractivity contribution in [1.29, 1.82) is 0 Å². The van der Waals surface area contributed by atoms with E-state index in [-0.39, 0.29) is 0 Å². The van der Waals surface area contributed by atoms with Gasteiger partial charge >= 0.3 is 0 Å². The molecule has 1 unspecified atom stereocenters. The molecule has 1 heterocycles. The van der Waals surface area contributed by atoms with Gasteiger partial charge in [-0.2, -0.15) is 10.2 Å². The van der Waals surface area contributed by atoms with Gasteiger partial charge in [-0.05, 0) is 13.0 Å². The predicted molar refractivity (Wildman–Crippen MR) is 51.3 cm³/mol. The second kappa shape index (κ2) is 5.83. The van der Waals surface area contributed by atoms with Crippen molar-refractivity contribution in [1.82, 2.24) is 0 Å². The molecular formula is C9H16N2. The maximum Gasteiger partial charge on any atom is 0.0596 e. The van der Waals surface area contributed by atoms with E-state index in [1.54, 1.807) is 0 Å². The third-order valence-corrected chi connectivity index (χ3v) is 1.16. The second-order valence-electron chi connectivity index (χ2n) is 2.22. The van der Waals surface area contributed by atoms with E-state index in [2.05, 4.69) is 23.2 Å². The Morgan fingerprint density at radius 2 is 2.00 bits per heavy atom. The summed E-state index contributed by atoms with van der Waals surface area (Å²) in [5.41, 5.74) is 0.968. The third-order valence-electron chi connectivity index (χ3n) is 1.16. The standard InChI is InChI=1S/C7H10N2.C2H6/c1-6-3-4-7(2)9-8-5-6;1-2/h3-6H,1-2H3;1-2H3. The molecule has 0 aromatic heterocycles. The Morgan fingerprint density at radius 3 is 2.64 bits per heavy atom. The lowest BCUT2D eigenvalue weighted by Crippen LogP contribution is -1.87. The van der Waals surface area contributed by atoms with Crippen LogP contribution in [0.4, 0.5) is 0 Å². The molecule has 1 atom stereocenters. The number of nitrogens with zero attached hydrogens (tertiary/aromatic N) is 2. The predicted octanol–water partition coefficient (Wildman–Crippen LogP) is 2.67. The summed E-state index contributed by atoms with van der Waals surface area (Å²) < 4.78 is 0. The molecule has 62 valence electrons. The van der Waals surface area contributed by atoms with Gasteiger partial charge in [0.25, 0.3) is 0 Å². The molecule has 1 aliphatic rings. The molecule has 0 aromatic carbocycles. The average Bonchev–Trinajstić information content (AvgIpc) is 2.20. The lowest BCUT2D eigenvalue weighted by atomic mass is 10.2. The van der Waals surface area contributed by atoms with Crippen molar-refractivity contribution in [3.05, 3.63) is 12.2 Å². The van der Waals surface area contributed by atoms with Crippen LogP contribution >= 0.6 is 0 Å². The highest BCUT2D eigenvalue weighted by Gasteiger charge is 1.93. The van der Waals surface area contributed by atoms with E-state index in [0.717, 1.165) is 5.71 Å². The van der Waals surface area contributed by atoms with Crippen LogP contribution in [0.1, 0.15) is 27.7 Å². The van der Waals surface area contributed by atoms with Gasteiger partial charge in [0.05, 0.1) is 5.71 Å². The minimum absolute atomic E-state index is 0.422. The average molecular weight is 152 g/mol. The first kappa shape index (κ1) is 10.1. The summed E-state index contributed by atoms with van der Waals surface area (Å²) >= 11 is 0. The lowest BCUT2D eigenvalue weighted by Gasteiger charge is -1.88. The Kier molecular flexibility index (Phi) is 5.35. The van der Waals surface area contributed by atoms with Gasteiger partial charge in [-0.15, -0.1) is 0 Å². The lowest BCUT2D eigenvalue weighted by molar-refractivity contribution is 1.02. The smallest absolute Gasteiger partial charge is 0.0596 e. The van der Waals surface area contributed by atoms with Crippen molar-refractivity contribution < 1.29 is 0 Å². The Labute approximate surface area is 68.7 Å². The molecular weight excluding hydrogens is 136 g/mol. The van der Waals surface area contributed by atoms with E-state index in [9.17, 15) is 0 Å². The fourth-order valence-electron chi connectivity index (χ4n) is 0.604. The summed E-state index contributed by atoms with van der Waals surface area (Å²) in [4.78, 5) is 0. The summed E-state index contributed by atoms with van der Waals surface area (Å²) in [6.45, 7) is 8.01. The van der Waals surface area contributed by atoms with Crippen LogP contribution < -0.4 is 0 Å². The number of hydrogen-bond donors (Lipinski definition) is 0. The van der Waals surface area contributed by atoms with Gasteiger partial charge < -0.3 is 0 Å². The molecule has 0 saturated heterocycles. The zero-order valence-electron chi connectivity index (χ0n) is 7.70. The van der Waals surface area contributed by atoms with Crippen LogP contribution in [-0.2, 0) is 0 Å². The van der Waals surface area contributed by atoms with Crippen molar-refractivity contribution in [3.8, 4) is 0 Å². The maximum atomic E-state index is 3.87. The van der Waals surface area contributed by atoms with Gasteiger partial charge in [0, 0.05) is 12.1 Å². The summed E-state index contributed by atoms with van der Waals surface area (Å²) in [6.07, 6.45) is 5.89. The van der Waals surface area contributed by atoms with Gasteiger partial charge in [0.1, 0.15) is 0 Å². The van der Waals surface area contributed by atoms with Crippen molar-refractivity contribution >= 4 is 11.9 Å². The van der Waals surface area contributed by atoms with E-state index in [4.69, 9.17) is 0 Å². The SMILES string of the molecule is CC.CC1=NN=CC(C)C=C1. The topological polar surface area (TPSA) is 24.7 Å². The molecule has 1 aliphatic heterocycles. The quantitative estimate of drug-likeness (QED) is 0.510. The van der Waals surface area contributed by atoms with Crippen molar-refractivity contribution in [2.24, 2.45) is 16.1 Å². The van der Waals surface area contributed by atoms with Crippen LogP contribution in [0.3, 0.4) is 0 Å². The molecule has 0 fully saturated rings. The third kappa shape index (κ3) is 4.48. The molecule has 0 bridgehead atoms. The van der Waals surface area contributed by atoms with Crippen molar-refractivity contribution in [2.45, 2.75) is 27.7 Å².